The lowest BCUT2D eigenvalue weighted by atomic mass is 10.0. The second-order valence-electron chi connectivity index (χ2n) is 3.42. The standard InChI is InChI=1S/C11H10BrF3OS/c1-6(16)10(12)8-4-3-7(17-2)5-9(8)11(13,14)15/h3-5,10H,1-2H3. The van der Waals surface area contributed by atoms with Crippen molar-refractivity contribution in [3.63, 3.8) is 0 Å². The Kier molecular flexibility index (Phi) is 4.66. The van der Waals surface area contributed by atoms with Crippen molar-refractivity contribution in [3.8, 4) is 0 Å². The number of ketones is 1. The van der Waals surface area contributed by atoms with Gasteiger partial charge in [-0.15, -0.1) is 11.8 Å². The zero-order valence-corrected chi connectivity index (χ0v) is 11.5. The maximum atomic E-state index is 12.8. The summed E-state index contributed by atoms with van der Waals surface area (Å²) in [5.41, 5.74) is -0.802. The van der Waals surface area contributed by atoms with Gasteiger partial charge in [-0.05, 0) is 30.9 Å². The summed E-state index contributed by atoms with van der Waals surface area (Å²) in [7, 11) is 0. The fourth-order valence-electron chi connectivity index (χ4n) is 1.35. The molecule has 1 rings (SSSR count). The van der Waals surface area contributed by atoms with Crippen molar-refractivity contribution in [3.05, 3.63) is 29.3 Å². The number of carbonyl (C=O) groups is 1. The molecule has 1 aromatic carbocycles. The lowest BCUT2D eigenvalue weighted by molar-refractivity contribution is -0.138. The van der Waals surface area contributed by atoms with Crippen molar-refractivity contribution >= 4 is 33.5 Å². The van der Waals surface area contributed by atoms with Crippen LogP contribution in [0.2, 0.25) is 0 Å². The first-order chi connectivity index (χ1) is 7.77. The fraction of sp³-hybridized carbons (Fsp3) is 0.364. The Morgan fingerprint density at radius 2 is 2.00 bits per heavy atom. The van der Waals surface area contributed by atoms with E-state index in [4.69, 9.17) is 0 Å². The number of rotatable bonds is 3. The Morgan fingerprint density at radius 1 is 1.41 bits per heavy atom. The second kappa shape index (κ2) is 5.44. The van der Waals surface area contributed by atoms with Crippen molar-refractivity contribution in [2.75, 3.05) is 6.26 Å². The molecule has 0 aliphatic carbocycles. The molecule has 1 unspecified atom stereocenters. The highest BCUT2D eigenvalue weighted by atomic mass is 79.9. The number of thioether (sulfide) groups is 1. The van der Waals surface area contributed by atoms with E-state index in [-0.39, 0.29) is 11.3 Å². The number of carbonyl (C=O) groups excluding carboxylic acids is 1. The van der Waals surface area contributed by atoms with Gasteiger partial charge < -0.3 is 0 Å². The first-order valence-corrected chi connectivity index (χ1v) is 6.81. The van der Waals surface area contributed by atoms with Crippen LogP contribution in [0.5, 0.6) is 0 Å². The van der Waals surface area contributed by atoms with E-state index in [9.17, 15) is 18.0 Å². The van der Waals surface area contributed by atoms with Crippen LogP contribution in [-0.4, -0.2) is 12.0 Å². The number of hydrogen-bond acceptors (Lipinski definition) is 2. The molecule has 0 aromatic heterocycles. The average Bonchev–Trinajstić information content (AvgIpc) is 2.26. The van der Waals surface area contributed by atoms with E-state index in [1.807, 2.05) is 0 Å². The van der Waals surface area contributed by atoms with E-state index in [1.54, 1.807) is 12.3 Å². The van der Waals surface area contributed by atoms with E-state index in [0.717, 1.165) is 6.07 Å². The van der Waals surface area contributed by atoms with Gasteiger partial charge in [0.25, 0.3) is 0 Å². The maximum Gasteiger partial charge on any atom is 0.416 e. The predicted octanol–water partition coefficient (Wildman–Crippen LogP) is 4.45. The molecule has 0 aliphatic rings. The summed E-state index contributed by atoms with van der Waals surface area (Å²) < 4.78 is 38.5. The van der Waals surface area contributed by atoms with Crippen LogP contribution in [0.3, 0.4) is 0 Å². The lowest BCUT2D eigenvalue weighted by Crippen LogP contribution is -2.13. The monoisotopic (exact) mass is 326 g/mol. The fourth-order valence-corrected chi connectivity index (χ4v) is 2.19. The number of benzene rings is 1. The van der Waals surface area contributed by atoms with Gasteiger partial charge in [0.05, 0.1) is 10.4 Å². The second-order valence-corrected chi connectivity index (χ2v) is 5.22. The minimum atomic E-state index is -4.46. The summed E-state index contributed by atoms with van der Waals surface area (Å²) in [4.78, 5) is 10.8. The third-order valence-electron chi connectivity index (χ3n) is 2.20. The van der Waals surface area contributed by atoms with E-state index in [2.05, 4.69) is 15.9 Å². The predicted molar refractivity (Wildman–Crippen MR) is 65.6 cm³/mol. The molecule has 0 heterocycles. The molecular weight excluding hydrogens is 317 g/mol. The van der Waals surface area contributed by atoms with Crippen molar-refractivity contribution in [1.29, 1.82) is 0 Å². The van der Waals surface area contributed by atoms with Crippen LogP contribution < -0.4 is 0 Å². The van der Waals surface area contributed by atoms with Crippen molar-refractivity contribution in [1.82, 2.24) is 0 Å². The Labute approximate surface area is 110 Å². The summed E-state index contributed by atoms with van der Waals surface area (Å²) in [5, 5.41) is 0. The van der Waals surface area contributed by atoms with Crippen molar-refractivity contribution in [2.45, 2.75) is 22.8 Å². The largest absolute Gasteiger partial charge is 0.416 e. The summed E-state index contributed by atoms with van der Waals surface area (Å²) >= 11 is 4.21. The molecule has 0 aliphatic heterocycles. The van der Waals surface area contributed by atoms with Gasteiger partial charge >= 0.3 is 6.18 Å². The molecule has 0 bridgehead atoms. The van der Waals surface area contributed by atoms with Gasteiger partial charge in [0, 0.05) is 4.90 Å². The van der Waals surface area contributed by atoms with E-state index < -0.39 is 16.6 Å². The molecule has 0 saturated carbocycles. The summed E-state index contributed by atoms with van der Waals surface area (Å²) in [6.45, 7) is 1.25. The first-order valence-electron chi connectivity index (χ1n) is 4.67. The summed E-state index contributed by atoms with van der Waals surface area (Å²) in [6, 6.07) is 3.99. The lowest BCUT2D eigenvalue weighted by Gasteiger charge is -2.16. The highest BCUT2D eigenvalue weighted by molar-refractivity contribution is 9.09. The van der Waals surface area contributed by atoms with E-state index in [1.165, 1.54) is 24.8 Å². The van der Waals surface area contributed by atoms with Crippen molar-refractivity contribution in [2.24, 2.45) is 0 Å². The summed E-state index contributed by atoms with van der Waals surface area (Å²) in [6.07, 6.45) is -2.76. The highest BCUT2D eigenvalue weighted by Crippen LogP contribution is 2.39. The minimum absolute atomic E-state index is 0.0391. The van der Waals surface area contributed by atoms with Crippen LogP contribution in [0.4, 0.5) is 13.2 Å². The van der Waals surface area contributed by atoms with Gasteiger partial charge in [-0.25, -0.2) is 0 Å². The van der Waals surface area contributed by atoms with E-state index in [0.29, 0.717) is 4.90 Å². The SMILES string of the molecule is CSc1ccc(C(Br)C(C)=O)c(C(F)(F)F)c1. The van der Waals surface area contributed by atoms with Crippen molar-refractivity contribution < 1.29 is 18.0 Å². The Morgan fingerprint density at radius 3 is 2.41 bits per heavy atom. The van der Waals surface area contributed by atoms with Crippen LogP contribution in [-0.2, 0) is 11.0 Å². The quantitative estimate of drug-likeness (QED) is 0.603. The molecule has 6 heteroatoms. The molecule has 0 fully saturated rings. The Bertz CT molecular complexity index is 431. The average molecular weight is 327 g/mol. The van der Waals surface area contributed by atoms with Crippen LogP contribution in [0.1, 0.15) is 22.9 Å². The van der Waals surface area contributed by atoms with Gasteiger partial charge in [-0.3, -0.25) is 4.79 Å². The van der Waals surface area contributed by atoms with Gasteiger partial charge in [-0.1, -0.05) is 22.0 Å². The number of halogens is 4. The molecule has 0 N–H and O–H groups in total. The number of hydrogen-bond donors (Lipinski definition) is 0. The van der Waals surface area contributed by atoms with Crippen LogP contribution in [0.25, 0.3) is 0 Å². The van der Waals surface area contributed by atoms with Gasteiger partial charge in [0.15, 0.2) is 0 Å². The number of alkyl halides is 4. The zero-order valence-electron chi connectivity index (χ0n) is 9.14. The highest BCUT2D eigenvalue weighted by Gasteiger charge is 2.35. The smallest absolute Gasteiger partial charge is 0.298 e. The minimum Gasteiger partial charge on any atom is -0.298 e. The number of Topliss-reactive ketones (excluding diaryl/α,β-unsaturated/α-hetero) is 1. The third-order valence-corrected chi connectivity index (χ3v) is 4.06. The normalized spacial score (nSPS) is 13.5. The molecular formula is C11H10BrF3OS. The van der Waals surface area contributed by atoms with Crippen LogP contribution in [0, 0.1) is 0 Å². The molecule has 17 heavy (non-hydrogen) atoms. The molecule has 0 amide bonds. The molecule has 1 nitrogen and oxygen atoms in total. The van der Waals surface area contributed by atoms with Gasteiger partial charge in [0.2, 0.25) is 0 Å². The molecule has 94 valence electrons. The molecule has 0 saturated heterocycles. The Balaban J connectivity index is 3.35. The van der Waals surface area contributed by atoms with Gasteiger partial charge in [-0.2, -0.15) is 13.2 Å². The van der Waals surface area contributed by atoms with Crippen LogP contribution >= 0.6 is 27.7 Å². The van der Waals surface area contributed by atoms with Gasteiger partial charge in [0.1, 0.15) is 5.78 Å². The summed E-state index contributed by atoms with van der Waals surface area (Å²) in [5.74, 6) is -0.354. The molecule has 0 radical (unpaired) electrons. The van der Waals surface area contributed by atoms with E-state index >= 15 is 0 Å². The zero-order chi connectivity index (χ0) is 13.2. The molecule has 1 atom stereocenters. The van der Waals surface area contributed by atoms with Crippen LogP contribution in [0.15, 0.2) is 23.1 Å². The third kappa shape index (κ3) is 3.48. The maximum absolute atomic E-state index is 12.8. The molecule has 1 aromatic rings. The first kappa shape index (κ1) is 14.6. The topological polar surface area (TPSA) is 17.1 Å². The molecule has 0 spiro atoms. The Hall–Kier alpha value is -0.490.